The third-order valence-electron chi connectivity index (χ3n) is 2.20. The van der Waals surface area contributed by atoms with Gasteiger partial charge in [0.1, 0.15) is 5.78 Å². The molecule has 0 aromatic carbocycles. The summed E-state index contributed by atoms with van der Waals surface area (Å²) in [5, 5.41) is 17.7. The molecule has 4 heteroatoms. The van der Waals surface area contributed by atoms with Gasteiger partial charge in [0.05, 0.1) is 12.7 Å². The Morgan fingerprint density at radius 2 is 2.07 bits per heavy atom. The fourth-order valence-corrected chi connectivity index (χ4v) is 1.21. The normalized spacial score (nSPS) is 15.1. The minimum absolute atomic E-state index is 0.0680. The summed E-state index contributed by atoms with van der Waals surface area (Å²) in [6, 6.07) is -0.630. The first-order valence-electron chi connectivity index (χ1n) is 5.18. The van der Waals surface area contributed by atoms with Gasteiger partial charge in [0.25, 0.3) is 0 Å². The predicted molar refractivity (Wildman–Crippen MR) is 54.8 cm³/mol. The summed E-state index contributed by atoms with van der Waals surface area (Å²) in [4.78, 5) is 11.3. The van der Waals surface area contributed by atoms with Gasteiger partial charge in [-0.3, -0.25) is 4.79 Å². The SMILES string of the molecule is CCCCCC(=O)CC(N)C(O)CO. The molecule has 0 radical (unpaired) electrons. The number of aliphatic hydroxyl groups excluding tert-OH is 2. The van der Waals surface area contributed by atoms with E-state index < -0.39 is 12.1 Å². The molecule has 0 heterocycles. The molecule has 2 unspecified atom stereocenters. The molecule has 84 valence electrons. The molecular weight excluding hydrogens is 182 g/mol. The van der Waals surface area contributed by atoms with E-state index in [1.807, 2.05) is 0 Å². The summed E-state index contributed by atoms with van der Waals surface area (Å²) < 4.78 is 0. The lowest BCUT2D eigenvalue weighted by atomic mass is 10.0. The van der Waals surface area contributed by atoms with Crippen molar-refractivity contribution in [3.63, 3.8) is 0 Å². The number of ketones is 1. The van der Waals surface area contributed by atoms with Gasteiger partial charge >= 0.3 is 0 Å². The summed E-state index contributed by atoms with van der Waals surface area (Å²) >= 11 is 0. The fourth-order valence-electron chi connectivity index (χ4n) is 1.21. The lowest BCUT2D eigenvalue weighted by Gasteiger charge is -2.15. The number of carbonyl (C=O) groups excluding carboxylic acids is 1. The van der Waals surface area contributed by atoms with Crippen LogP contribution in [-0.4, -0.2) is 34.7 Å². The van der Waals surface area contributed by atoms with Crippen LogP contribution in [-0.2, 0) is 4.79 Å². The highest BCUT2D eigenvalue weighted by Crippen LogP contribution is 2.04. The third kappa shape index (κ3) is 6.07. The second-order valence-corrected chi connectivity index (χ2v) is 3.61. The smallest absolute Gasteiger partial charge is 0.134 e. The van der Waals surface area contributed by atoms with Crippen molar-refractivity contribution in [1.29, 1.82) is 0 Å². The summed E-state index contributed by atoms with van der Waals surface area (Å²) in [7, 11) is 0. The molecule has 2 atom stereocenters. The molecule has 0 fully saturated rings. The summed E-state index contributed by atoms with van der Waals surface area (Å²) in [6.45, 7) is 1.69. The zero-order valence-electron chi connectivity index (χ0n) is 8.78. The molecule has 0 aliphatic rings. The van der Waals surface area contributed by atoms with Gasteiger partial charge in [0, 0.05) is 18.9 Å². The van der Waals surface area contributed by atoms with E-state index in [-0.39, 0.29) is 18.8 Å². The third-order valence-corrected chi connectivity index (χ3v) is 2.20. The molecule has 0 aliphatic carbocycles. The minimum Gasteiger partial charge on any atom is -0.394 e. The average molecular weight is 203 g/mol. The largest absolute Gasteiger partial charge is 0.394 e. The number of rotatable bonds is 8. The van der Waals surface area contributed by atoms with Crippen LogP contribution in [0.2, 0.25) is 0 Å². The topological polar surface area (TPSA) is 83.6 Å². The number of nitrogens with two attached hydrogens (primary N) is 1. The van der Waals surface area contributed by atoms with Crippen molar-refractivity contribution >= 4 is 5.78 Å². The first-order valence-corrected chi connectivity index (χ1v) is 5.18. The highest BCUT2D eigenvalue weighted by atomic mass is 16.3. The van der Waals surface area contributed by atoms with E-state index in [9.17, 15) is 4.79 Å². The van der Waals surface area contributed by atoms with Crippen LogP contribution in [0.3, 0.4) is 0 Å². The van der Waals surface area contributed by atoms with Crippen LogP contribution in [0.4, 0.5) is 0 Å². The Balaban J connectivity index is 3.60. The van der Waals surface area contributed by atoms with Gasteiger partial charge in [-0.25, -0.2) is 0 Å². The second-order valence-electron chi connectivity index (χ2n) is 3.61. The molecule has 0 amide bonds. The number of Topliss-reactive ketones (excluding diaryl/α,β-unsaturated/α-hetero) is 1. The molecule has 0 aromatic heterocycles. The highest BCUT2D eigenvalue weighted by Gasteiger charge is 2.16. The number of aliphatic hydroxyl groups is 2. The van der Waals surface area contributed by atoms with Gasteiger partial charge in [-0.2, -0.15) is 0 Å². The van der Waals surface area contributed by atoms with E-state index in [0.29, 0.717) is 6.42 Å². The first kappa shape index (κ1) is 13.5. The molecule has 0 saturated heterocycles. The minimum atomic E-state index is -0.981. The zero-order valence-corrected chi connectivity index (χ0v) is 8.78. The molecule has 0 aliphatic heterocycles. The predicted octanol–water partition coefficient (Wildman–Crippen LogP) is 0.206. The lowest BCUT2D eigenvalue weighted by Crippen LogP contribution is -2.38. The van der Waals surface area contributed by atoms with E-state index in [1.54, 1.807) is 0 Å². The Hall–Kier alpha value is -0.450. The summed E-state index contributed by atoms with van der Waals surface area (Å²) in [6.07, 6.45) is 2.72. The molecule has 0 saturated carbocycles. The molecular formula is C10H21NO3. The lowest BCUT2D eigenvalue weighted by molar-refractivity contribution is -0.120. The number of hydrogen-bond acceptors (Lipinski definition) is 4. The van der Waals surface area contributed by atoms with Crippen molar-refractivity contribution in [2.45, 2.75) is 51.2 Å². The van der Waals surface area contributed by atoms with Crippen LogP contribution in [0.5, 0.6) is 0 Å². The van der Waals surface area contributed by atoms with Crippen LogP contribution in [0.25, 0.3) is 0 Å². The van der Waals surface area contributed by atoms with Crippen LogP contribution in [0.15, 0.2) is 0 Å². The van der Waals surface area contributed by atoms with Crippen LogP contribution >= 0.6 is 0 Å². The van der Waals surface area contributed by atoms with E-state index in [2.05, 4.69) is 6.92 Å². The Morgan fingerprint density at radius 1 is 1.43 bits per heavy atom. The number of carbonyl (C=O) groups is 1. The van der Waals surface area contributed by atoms with Crippen molar-refractivity contribution in [1.82, 2.24) is 0 Å². The van der Waals surface area contributed by atoms with E-state index in [4.69, 9.17) is 15.9 Å². The van der Waals surface area contributed by atoms with Crippen molar-refractivity contribution in [3.8, 4) is 0 Å². The van der Waals surface area contributed by atoms with Crippen molar-refractivity contribution in [2.24, 2.45) is 5.73 Å². The van der Waals surface area contributed by atoms with Gasteiger partial charge in [0.2, 0.25) is 0 Å². The van der Waals surface area contributed by atoms with Gasteiger partial charge in [-0.05, 0) is 6.42 Å². The van der Waals surface area contributed by atoms with Gasteiger partial charge in [-0.15, -0.1) is 0 Å². The molecule has 0 aromatic rings. The van der Waals surface area contributed by atoms with E-state index in [1.165, 1.54) is 0 Å². The zero-order chi connectivity index (χ0) is 11.0. The maximum atomic E-state index is 11.3. The van der Waals surface area contributed by atoms with Gasteiger partial charge in [0.15, 0.2) is 0 Å². The Morgan fingerprint density at radius 3 is 2.57 bits per heavy atom. The van der Waals surface area contributed by atoms with Gasteiger partial charge < -0.3 is 15.9 Å². The van der Waals surface area contributed by atoms with E-state index >= 15 is 0 Å². The molecule has 4 nitrogen and oxygen atoms in total. The number of unbranched alkanes of at least 4 members (excludes halogenated alkanes) is 2. The Labute approximate surface area is 85.1 Å². The first-order chi connectivity index (χ1) is 6.61. The standard InChI is InChI=1S/C10H21NO3/c1-2-3-4-5-8(13)6-9(11)10(14)7-12/h9-10,12,14H,2-7,11H2,1H3. The van der Waals surface area contributed by atoms with Crippen molar-refractivity contribution < 1.29 is 15.0 Å². The van der Waals surface area contributed by atoms with E-state index in [0.717, 1.165) is 19.3 Å². The second kappa shape index (κ2) is 7.91. The maximum Gasteiger partial charge on any atom is 0.134 e. The van der Waals surface area contributed by atoms with Crippen molar-refractivity contribution in [3.05, 3.63) is 0 Å². The molecule has 0 spiro atoms. The van der Waals surface area contributed by atoms with Gasteiger partial charge in [-0.1, -0.05) is 19.8 Å². The van der Waals surface area contributed by atoms with Crippen LogP contribution < -0.4 is 5.73 Å². The molecule has 4 N–H and O–H groups in total. The summed E-state index contributed by atoms with van der Waals surface area (Å²) in [5.74, 6) is 0.0680. The molecule has 14 heavy (non-hydrogen) atoms. The monoisotopic (exact) mass is 203 g/mol. The Bertz CT molecular complexity index is 161. The van der Waals surface area contributed by atoms with Crippen LogP contribution in [0.1, 0.15) is 39.0 Å². The number of hydrogen-bond donors (Lipinski definition) is 3. The summed E-state index contributed by atoms with van der Waals surface area (Å²) in [5.41, 5.74) is 5.50. The van der Waals surface area contributed by atoms with Crippen LogP contribution in [0, 0.1) is 0 Å². The highest BCUT2D eigenvalue weighted by molar-refractivity contribution is 5.78. The fraction of sp³-hybridized carbons (Fsp3) is 0.900. The quantitative estimate of drug-likeness (QED) is 0.492. The van der Waals surface area contributed by atoms with Crippen molar-refractivity contribution in [2.75, 3.05) is 6.61 Å². The average Bonchev–Trinajstić information content (AvgIpc) is 2.16. The Kier molecular flexibility index (Phi) is 7.65. The molecule has 0 bridgehead atoms. The maximum absolute atomic E-state index is 11.3. The molecule has 0 rings (SSSR count).